The Morgan fingerprint density at radius 2 is 2.21 bits per heavy atom. The van der Waals surface area contributed by atoms with Gasteiger partial charge in [-0.2, -0.15) is 0 Å². The summed E-state index contributed by atoms with van der Waals surface area (Å²) in [5.41, 5.74) is 2.36. The van der Waals surface area contributed by atoms with Gasteiger partial charge >= 0.3 is 0 Å². The van der Waals surface area contributed by atoms with E-state index in [-0.39, 0.29) is 23.7 Å². The van der Waals surface area contributed by atoms with Crippen LogP contribution in [0.5, 0.6) is 0 Å². The molecule has 0 bridgehead atoms. The van der Waals surface area contributed by atoms with Crippen molar-refractivity contribution in [3.05, 3.63) is 16.1 Å². The molecular weight excluding hydrogens is 284 g/mol. The zero-order valence-corrected chi connectivity index (χ0v) is 12.9. The molecule has 1 fully saturated rings. The second-order valence-corrected chi connectivity index (χ2v) is 8.19. The van der Waals surface area contributed by atoms with E-state index in [1.54, 1.807) is 24.3 Å². The number of carbonyl (C=O) groups is 1. The van der Waals surface area contributed by atoms with E-state index < -0.39 is 9.84 Å². The highest BCUT2D eigenvalue weighted by Gasteiger charge is 2.38. The van der Waals surface area contributed by atoms with Crippen LogP contribution in [-0.4, -0.2) is 48.3 Å². The molecule has 0 aliphatic heterocycles. The van der Waals surface area contributed by atoms with Crippen molar-refractivity contribution in [2.24, 2.45) is 0 Å². The maximum atomic E-state index is 12.5. The Kier molecular flexibility index (Phi) is 3.96. The van der Waals surface area contributed by atoms with Gasteiger partial charge in [0.1, 0.15) is 14.7 Å². The first kappa shape index (κ1) is 14.5. The summed E-state index contributed by atoms with van der Waals surface area (Å²) in [6, 6.07) is -0.109. The summed E-state index contributed by atoms with van der Waals surface area (Å²) >= 11 is 1.31. The van der Waals surface area contributed by atoms with Crippen LogP contribution in [0.15, 0.2) is 5.51 Å². The number of hydrogen-bond acceptors (Lipinski definition) is 5. The van der Waals surface area contributed by atoms with Gasteiger partial charge in [-0.15, -0.1) is 11.3 Å². The Morgan fingerprint density at radius 3 is 2.63 bits per heavy atom. The molecule has 1 aliphatic carbocycles. The van der Waals surface area contributed by atoms with Crippen LogP contribution in [-0.2, 0) is 9.84 Å². The minimum Gasteiger partial charge on any atom is -0.331 e. The van der Waals surface area contributed by atoms with E-state index >= 15 is 0 Å². The Balaban J connectivity index is 2.21. The Bertz CT molecular complexity index is 576. The molecule has 2 rings (SSSR count). The summed E-state index contributed by atoms with van der Waals surface area (Å²) in [7, 11) is -3.09. The average molecular weight is 302 g/mol. The van der Waals surface area contributed by atoms with Gasteiger partial charge in [-0.25, -0.2) is 13.4 Å². The first-order valence-electron chi connectivity index (χ1n) is 6.20. The van der Waals surface area contributed by atoms with E-state index in [4.69, 9.17) is 0 Å². The average Bonchev–Trinajstić information content (AvgIpc) is 2.97. The summed E-state index contributed by atoms with van der Waals surface area (Å²) in [4.78, 5) is 19.0. The van der Waals surface area contributed by atoms with E-state index in [1.807, 2.05) is 0 Å². The fourth-order valence-electron chi connectivity index (χ4n) is 2.22. The van der Waals surface area contributed by atoms with Crippen molar-refractivity contribution >= 4 is 27.1 Å². The smallest absolute Gasteiger partial charge is 0.266 e. The lowest BCUT2D eigenvalue weighted by molar-refractivity contribution is 0.0697. The molecule has 0 unspecified atom stereocenters. The number of nitrogens with zero attached hydrogens (tertiary/aromatic N) is 2. The molecule has 0 radical (unpaired) electrons. The Hall–Kier alpha value is -0.950. The minimum atomic E-state index is -3.09. The molecule has 0 saturated heterocycles. The molecule has 106 valence electrons. The lowest BCUT2D eigenvalue weighted by Crippen LogP contribution is -2.43. The molecule has 1 amide bonds. The SMILES string of the molecule is Cc1ncsc1C(=O)N(C1CC1)[C@@H](C)CS(C)(=O)=O. The first-order chi connectivity index (χ1) is 8.79. The standard InChI is InChI=1S/C12H18N2O3S2/c1-8(6-19(3,16)17)14(10-4-5-10)12(15)11-9(2)13-7-18-11/h7-8,10H,4-6H2,1-3H3/t8-/m0/s1. The van der Waals surface area contributed by atoms with Crippen LogP contribution in [0.4, 0.5) is 0 Å². The lowest BCUT2D eigenvalue weighted by atomic mass is 10.2. The normalized spacial score (nSPS) is 17.2. The van der Waals surface area contributed by atoms with Gasteiger partial charge in [0.25, 0.3) is 5.91 Å². The van der Waals surface area contributed by atoms with Gasteiger partial charge in [-0.3, -0.25) is 4.79 Å². The van der Waals surface area contributed by atoms with Crippen LogP contribution in [0.25, 0.3) is 0 Å². The summed E-state index contributed by atoms with van der Waals surface area (Å²) < 4.78 is 22.8. The van der Waals surface area contributed by atoms with Gasteiger partial charge < -0.3 is 4.90 Å². The summed E-state index contributed by atoms with van der Waals surface area (Å²) in [5, 5.41) is 0. The minimum absolute atomic E-state index is 0.00704. The Labute approximate surface area is 117 Å². The van der Waals surface area contributed by atoms with Crippen molar-refractivity contribution in [3.8, 4) is 0 Å². The van der Waals surface area contributed by atoms with E-state index in [2.05, 4.69) is 4.98 Å². The molecule has 1 aromatic heterocycles. The first-order valence-corrected chi connectivity index (χ1v) is 9.14. The molecule has 19 heavy (non-hydrogen) atoms. The number of thiazole rings is 1. The van der Waals surface area contributed by atoms with E-state index in [9.17, 15) is 13.2 Å². The topological polar surface area (TPSA) is 67.3 Å². The van der Waals surface area contributed by atoms with Crippen molar-refractivity contribution in [1.29, 1.82) is 0 Å². The molecule has 0 spiro atoms. The third-order valence-corrected chi connectivity index (χ3v) is 5.14. The van der Waals surface area contributed by atoms with Gasteiger partial charge in [0.15, 0.2) is 0 Å². The van der Waals surface area contributed by atoms with Crippen molar-refractivity contribution < 1.29 is 13.2 Å². The number of carbonyl (C=O) groups excluding carboxylic acids is 1. The molecule has 1 aliphatic rings. The Morgan fingerprint density at radius 1 is 1.58 bits per heavy atom. The molecule has 0 N–H and O–H groups in total. The van der Waals surface area contributed by atoms with Gasteiger partial charge in [0.2, 0.25) is 0 Å². The van der Waals surface area contributed by atoms with Crippen LogP contribution in [0, 0.1) is 6.92 Å². The zero-order valence-electron chi connectivity index (χ0n) is 11.3. The van der Waals surface area contributed by atoms with Gasteiger partial charge in [-0.05, 0) is 26.7 Å². The zero-order chi connectivity index (χ0) is 14.2. The van der Waals surface area contributed by atoms with Gasteiger partial charge in [-0.1, -0.05) is 0 Å². The second kappa shape index (κ2) is 5.20. The number of rotatable bonds is 5. The number of aryl methyl sites for hydroxylation is 1. The van der Waals surface area contributed by atoms with E-state index in [1.165, 1.54) is 17.6 Å². The molecule has 1 atom stereocenters. The van der Waals surface area contributed by atoms with E-state index in [0.717, 1.165) is 12.8 Å². The summed E-state index contributed by atoms with van der Waals surface area (Å²) in [6.07, 6.45) is 3.12. The third-order valence-electron chi connectivity index (χ3n) is 3.13. The van der Waals surface area contributed by atoms with Crippen LogP contribution in [0.1, 0.15) is 35.1 Å². The second-order valence-electron chi connectivity index (χ2n) is 5.15. The number of hydrogen-bond donors (Lipinski definition) is 0. The maximum absolute atomic E-state index is 12.5. The molecule has 1 heterocycles. The monoisotopic (exact) mass is 302 g/mol. The number of aromatic nitrogens is 1. The molecular formula is C12H18N2O3S2. The van der Waals surface area contributed by atoms with Crippen LogP contribution in [0.3, 0.4) is 0 Å². The summed E-state index contributed by atoms with van der Waals surface area (Å²) in [6.45, 7) is 3.60. The van der Waals surface area contributed by atoms with Crippen LogP contribution >= 0.6 is 11.3 Å². The van der Waals surface area contributed by atoms with Gasteiger partial charge in [0, 0.05) is 18.3 Å². The predicted octanol–water partition coefficient (Wildman–Crippen LogP) is 1.49. The highest BCUT2D eigenvalue weighted by molar-refractivity contribution is 7.90. The van der Waals surface area contributed by atoms with Crippen molar-refractivity contribution in [1.82, 2.24) is 9.88 Å². The van der Waals surface area contributed by atoms with E-state index in [0.29, 0.717) is 10.6 Å². The predicted molar refractivity (Wildman–Crippen MR) is 75.2 cm³/mol. The highest BCUT2D eigenvalue weighted by Crippen LogP contribution is 2.31. The largest absolute Gasteiger partial charge is 0.331 e. The molecule has 1 aromatic rings. The van der Waals surface area contributed by atoms with Crippen molar-refractivity contribution in [2.75, 3.05) is 12.0 Å². The fraction of sp³-hybridized carbons (Fsp3) is 0.667. The van der Waals surface area contributed by atoms with Crippen LogP contribution in [0.2, 0.25) is 0 Å². The molecule has 1 saturated carbocycles. The van der Waals surface area contributed by atoms with Crippen molar-refractivity contribution in [3.63, 3.8) is 0 Å². The fourth-order valence-corrected chi connectivity index (χ4v) is 4.00. The quantitative estimate of drug-likeness (QED) is 0.826. The van der Waals surface area contributed by atoms with Crippen LogP contribution < -0.4 is 0 Å². The summed E-state index contributed by atoms with van der Waals surface area (Å²) in [5.74, 6) is -0.0775. The molecule has 5 nitrogen and oxygen atoms in total. The molecule has 7 heteroatoms. The highest BCUT2D eigenvalue weighted by atomic mass is 32.2. The number of amides is 1. The maximum Gasteiger partial charge on any atom is 0.266 e. The number of sulfone groups is 1. The van der Waals surface area contributed by atoms with Crippen molar-refractivity contribution in [2.45, 2.75) is 38.8 Å². The molecule has 0 aromatic carbocycles. The van der Waals surface area contributed by atoms with Gasteiger partial charge in [0.05, 0.1) is 17.0 Å². The lowest BCUT2D eigenvalue weighted by Gasteiger charge is -2.28. The third kappa shape index (κ3) is 3.54.